The highest BCUT2D eigenvalue weighted by atomic mass is 35.5. The van der Waals surface area contributed by atoms with E-state index in [1.165, 1.54) is 22.7 Å². The first-order valence-corrected chi connectivity index (χ1v) is 13.9. The van der Waals surface area contributed by atoms with Crippen LogP contribution in [0.1, 0.15) is 33.6 Å². The molecule has 5 rings (SSSR count). The van der Waals surface area contributed by atoms with Gasteiger partial charge in [-0.15, -0.1) is 0 Å². The third kappa shape index (κ3) is 5.35. The van der Waals surface area contributed by atoms with Crippen molar-refractivity contribution in [2.75, 3.05) is 31.2 Å². The number of halogens is 1. The quantitative estimate of drug-likeness (QED) is 0.475. The molecule has 3 aromatic rings. The maximum Gasteiger partial charge on any atom is 0.262 e. The summed E-state index contributed by atoms with van der Waals surface area (Å²) in [5.41, 5.74) is 6.89. The van der Waals surface area contributed by atoms with Crippen LogP contribution in [-0.2, 0) is 16.0 Å². The molecule has 2 fully saturated rings. The molecule has 2 atom stereocenters. The first kappa shape index (κ1) is 26.4. The Morgan fingerprint density at radius 1 is 1.24 bits per heavy atom. The summed E-state index contributed by atoms with van der Waals surface area (Å²) in [6.07, 6.45) is 7.27. The number of benzene rings is 1. The summed E-state index contributed by atoms with van der Waals surface area (Å²) >= 11 is 8.08. The van der Waals surface area contributed by atoms with Gasteiger partial charge in [0, 0.05) is 29.4 Å². The fourth-order valence-electron chi connectivity index (χ4n) is 5.10. The predicted molar refractivity (Wildman–Crippen MR) is 146 cm³/mol. The van der Waals surface area contributed by atoms with E-state index >= 15 is 0 Å². The van der Waals surface area contributed by atoms with Crippen LogP contribution >= 0.6 is 23.4 Å². The van der Waals surface area contributed by atoms with Crippen molar-refractivity contribution in [1.82, 2.24) is 19.5 Å². The maximum absolute atomic E-state index is 13.1. The number of anilines is 1. The number of rotatable bonds is 7. The lowest BCUT2D eigenvalue weighted by atomic mass is 9.73. The van der Waals surface area contributed by atoms with Gasteiger partial charge < -0.3 is 20.1 Å². The molecule has 11 heteroatoms. The molecule has 2 aromatic heterocycles. The van der Waals surface area contributed by atoms with Gasteiger partial charge in [0.15, 0.2) is 0 Å². The lowest BCUT2D eigenvalue weighted by Crippen LogP contribution is -2.50. The molecule has 2 saturated heterocycles. The summed E-state index contributed by atoms with van der Waals surface area (Å²) in [7, 11) is 0. The average molecular weight is 545 g/mol. The first-order valence-electron chi connectivity index (χ1n) is 12.7. The van der Waals surface area contributed by atoms with E-state index in [2.05, 4.69) is 26.8 Å². The monoisotopic (exact) mass is 544 g/mol. The highest BCUT2D eigenvalue weighted by Gasteiger charge is 2.47. The summed E-state index contributed by atoms with van der Waals surface area (Å²) in [6, 6.07) is 3.75. The van der Waals surface area contributed by atoms with Gasteiger partial charge in [-0.05, 0) is 45.7 Å². The molecular formula is C26H33ClN6O3S. The van der Waals surface area contributed by atoms with Gasteiger partial charge in [-0.1, -0.05) is 23.4 Å². The van der Waals surface area contributed by atoms with Crippen molar-refractivity contribution in [2.24, 2.45) is 11.1 Å². The molecular weight excluding hydrogens is 512 g/mol. The van der Waals surface area contributed by atoms with E-state index in [0.29, 0.717) is 34.1 Å². The molecule has 0 radical (unpaired) electrons. The van der Waals surface area contributed by atoms with E-state index in [1.54, 1.807) is 12.4 Å². The number of nitrogens with two attached hydrogens (primary N) is 1. The molecule has 2 aliphatic rings. The standard InChI is InChI=1S/C26H33ClN6O3S/c1-16(2)35-11-10-33-15-31-18-4-5-19(23(27)22(18)25(33)34)37-21-13-29-20(12-30-21)32-8-6-26(7-9-32)14-36-17(3)24(26)28/h4-5,12-13,15-17,24H,6-11,14,28H2,1-3H3/t17-,24+/m0/s1. The first-order chi connectivity index (χ1) is 17.8. The average Bonchev–Trinajstić information content (AvgIpc) is 3.16. The van der Waals surface area contributed by atoms with Gasteiger partial charge in [-0.2, -0.15) is 0 Å². The SMILES string of the molecule is CC(C)OCCn1cnc2ccc(Sc3cnc(N4CCC5(CC4)CO[C@@H](C)[C@H]5N)cn3)c(Cl)c2c1=O. The second-order valence-electron chi connectivity index (χ2n) is 10.1. The molecule has 0 aliphatic carbocycles. The zero-order chi connectivity index (χ0) is 26.2. The Balaban J connectivity index is 1.28. The molecule has 2 aliphatic heterocycles. The molecule has 0 amide bonds. The Kier molecular flexibility index (Phi) is 7.74. The van der Waals surface area contributed by atoms with Gasteiger partial charge in [-0.25, -0.2) is 15.0 Å². The fraction of sp³-hybridized carbons (Fsp3) is 0.538. The predicted octanol–water partition coefficient (Wildman–Crippen LogP) is 3.75. The number of aromatic nitrogens is 4. The number of hydrogen-bond acceptors (Lipinski definition) is 9. The van der Waals surface area contributed by atoms with Gasteiger partial charge in [0.1, 0.15) is 10.8 Å². The minimum absolute atomic E-state index is 0.0703. The lowest BCUT2D eigenvalue weighted by Gasteiger charge is -2.41. The van der Waals surface area contributed by atoms with Gasteiger partial charge >= 0.3 is 0 Å². The lowest BCUT2D eigenvalue weighted by molar-refractivity contribution is 0.0722. The van der Waals surface area contributed by atoms with Crippen LogP contribution in [0, 0.1) is 5.41 Å². The fourth-order valence-corrected chi connectivity index (χ4v) is 6.22. The summed E-state index contributed by atoms with van der Waals surface area (Å²) in [6.45, 7) is 9.31. The van der Waals surface area contributed by atoms with Crippen LogP contribution in [0.5, 0.6) is 0 Å². The van der Waals surface area contributed by atoms with Gasteiger partial charge in [0.05, 0.1) is 66.6 Å². The van der Waals surface area contributed by atoms with Crippen LogP contribution in [0.25, 0.3) is 10.9 Å². The van der Waals surface area contributed by atoms with Crippen LogP contribution in [0.15, 0.2) is 45.6 Å². The van der Waals surface area contributed by atoms with E-state index in [4.69, 9.17) is 26.8 Å². The maximum atomic E-state index is 13.1. The van der Waals surface area contributed by atoms with Crippen LogP contribution in [-0.4, -0.2) is 64.1 Å². The summed E-state index contributed by atoms with van der Waals surface area (Å²) < 4.78 is 12.9. The Morgan fingerprint density at radius 2 is 2.03 bits per heavy atom. The molecule has 1 aromatic carbocycles. The summed E-state index contributed by atoms with van der Waals surface area (Å²) in [5, 5.41) is 1.47. The van der Waals surface area contributed by atoms with Crippen molar-refractivity contribution in [3.05, 3.63) is 46.2 Å². The topological polar surface area (TPSA) is 108 Å². The van der Waals surface area contributed by atoms with E-state index in [1.807, 2.05) is 26.0 Å². The second kappa shape index (κ2) is 10.9. The third-order valence-corrected chi connectivity index (χ3v) is 8.92. The number of nitrogens with zero attached hydrogens (tertiary/aromatic N) is 5. The molecule has 9 nitrogen and oxygen atoms in total. The van der Waals surface area contributed by atoms with Gasteiger partial charge in [0.25, 0.3) is 5.56 Å². The van der Waals surface area contributed by atoms with E-state index in [0.717, 1.165) is 43.3 Å². The van der Waals surface area contributed by atoms with Crippen molar-refractivity contribution < 1.29 is 9.47 Å². The van der Waals surface area contributed by atoms with Crippen molar-refractivity contribution in [3.63, 3.8) is 0 Å². The normalized spacial score (nSPS) is 21.4. The molecule has 37 heavy (non-hydrogen) atoms. The molecule has 1 spiro atoms. The smallest absolute Gasteiger partial charge is 0.262 e. The highest BCUT2D eigenvalue weighted by Crippen LogP contribution is 2.42. The van der Waals surface area contributed by atoms with Crippen molar-refractivity contribution in [2.45, 2.75) is 68.3 Å². The minimum Gasteiger partial charge on any atom is -0.377 e. The molecule has 0 saturated carbocycles. The molecule has 198 valence electrons. The van der Waals surface area contributed by atoms with Crippen LogP contribution < -0.4 is 16.2 Å². The molecule has 0 bridgehead atoms. The van der Waals surface area contributed by atoms with Gasteiger partial charge in [0.2, 0.25) is 0 Å². The van der Waals surface area contributed by atoms with Crippen LogP contribution in [0.4, 0.5) is 5.82 Å². The summed E-state index contributed by atoms with van der Waals surface area (Å²) in [4.78, 5) is 29.8. The number of fused-ring (bicyclic) bond motifs is 1. The largest absolute Gasteiger partial charge is 0.377 e. The Bertz CT molecular complexity index is 1310. The van der Waals surface area contributed by atoms with E-state index in [9.17, 15) is 4.79 Å². The Hall–Kier alpha value is -2.24. The van der Waals surface area contributed by atoms with E-state index < -0.39 is 0 Å². The highest BCUT2D eigenvalue weighted by molar-refractivity contribution is 7.99. The van der Waals surface area contributed by atoms with Crippen LogP contribution in [0.2, 0.25) is 5.02 Å². The Labute approximate surface area is 225 Å². The third-order valence-electron chi connectivity index (χ3n) is 7.44. The number of piperidine rings is 1. The summed E-state index contributed by atoms with van der Waals surface area (Å²) in [5.74, 6) is 0.847. The molecule has 4 heterocycles. The van der Waals surface area contributed by atoms with Crippen molar-refractivity contribution in [1.29, 1.82) is 0 Å². The van der Waals surface area contributed by atoms with Crippen LogP contribution in [0.3, 0.4) is 0 Å². The number of ether oxygens (including phenoxy) is 2. The van der Waals surface area contributed by atoms with E-state index in [-0.39, 0.29) is 29.2 Å². The Morgan fingerprint density at radius 3 is 2.68 bits per heavy atom. The minimum atomic E-state index is -0.184. The van der Waals surface area contributed by atoms with Crippen molar-refractivity contribution >= 4 is 40.1 Å². The van der Waals surface area contributed by atoms with Crippen molar-refractivity contribution in [3.8, 4) is 0 Å². The molecule has 0 unspecified atom stereocenters. The number of hydrogen-bond donors (Lipinski definition) is 1. The zero-order valence-corrected chi connectivity index (χ0v) is 23.0. The zero-order valence-electron chi connectivity index (χ0n) is 21.4. The molecule has 2 N–H and O–H groups in total. The second-order valence-corrected chi connectivity index (χ2v) is 11.6. The van der Waals surface area contributed by atoms with Gasteiger partial charge in [-0.3, -0.25) is 9.36 Å².